The van der Waals surface area contributed by atoms with Gasteiger partial charge in [-0.15, -0.1) is 0 Å². The number of hydrogen-bond acceptors (Lipinski definition) is 3. The second-order valence-corrected chi connectivity index (χ2v) is 5.47. The molecule has 3 heteroatoms. The van der Waals surface area contributed by atoms with Crippen molar-refractivity contribution in [3.63, 3.8) is 0 Å². The topological polar surface area (TPSA) is 37.8 Å². The lowest BCUT2D eigenvalue weighted by atomic mass is 9.87. The van der Waals surface area contributed by atoms with Crippen molar-refractivity contribution in [2.75, 3.05) is 6.54 Å². The summed E-state index contributed by atoms with van der Waals surface area (Å²) in [5, 5.41) is 3.49. The molecule has 0 saturated carbocycles. The van der Waals surface area contributed by atoms with Crippen LogP contribution in [0.4, 0.5) is 0 Å². The minimum Gasteiger partial charge on any atom is -0.312 e. The molecule has 1 aromatic rings. The minimum atomic E-state index is 0.380. The Bertz CT molecular complexity index is 296. The molecule has 1 aromatic heterocycles. The van der Waals surface area contributed by atoms with E-state index in [1.54, 1.807) is 6.33 Å². The fraction of sp³-hybridized carbons (Fsp3) is 0.714. The van der Waals surface area contributed by atoms with Gasteiger partial charge in [-0.05, 0) is 11.8 Å². The zero-order valence-corrected chi connectivity index (χ0v) is 11.4. The molecule has 0 amide bonds. The summed E-state index contributed by atoms with van der Waals surface area (Å²) in [4.78, 5) is 8.02. The Kier molecular flexibility index (Phi) is 6.12. The predicted molar refractivity (Wildman–Crippen MR) is 71.7 cm³/mol. The molecule has 0 bridgehead atoms. The summed E-state index contributed by atoms with van der Waals surface area (Å²) in [5.41, 5.74) is 1.53. The van der Waals surface area contributed by atoms with Crippen LogP contribution < -0.4 is 5.32 Å². The van der Waals surface area contributed by atoms with Crippen LogP contribution in [0.1, 0.15) is 52.0 Å². The molecular formula is C14H25N3. The van der Waals surface area contributed by atoms with E-state index in [-0.39, 0.29) is 0 Å². The molecule has 0 spiro atoms. The van der Waals surface area contributed by atoms with Gasteiger partial charge in [-0.1, -0.05) is 40.0 Å². The minimum absolute atomic E-state index is 0.380. The molecular weight excluding hydrogens is 210 g/mol. The first-order chi connectivity index (χ1) is 8.14. The number of nitrogens with zero attached hydrogens (tertiary/aromatic N) is 2. The van der Waals surface area contributed by atoms with Gasteiger partial charge in [0.05, 0.1) is 0 Å². The van der Waals surface area contributed by atoms with Crippen LogP contribution in [0.25, 0.3) is 0 Å². The summed E-state index contributed by atoms with van der Waals surface area (Å²) in [6.07, 6.45) is 10.6. The molecule has 0 saturated heterocycles. The number of aromatic nitrogens is 2. The Balaban J connectivity index is 2.20. The molecule has 1 heterocycles. The van der Waals surface area contributed by atoms with Crippen molar-refractivity contribution in [3.05, 3.63) is 24.3 Å². The average molecular weight is 235 g/mol. The van der Waals surface area contributed by atoms with Gasteiger partial charge in [0, 0.05) is 31.0 Å². The molecule has 0 aliphatic heterocycles. The van der Waals surface area contributed by atoms with Gasteiger partial charge < -0.3 is 5.32 Å². The number of nitrogens with one attached hydrogen (secondary N) is 1. The predicted octanol–water partition coefficient (Wildman–Crippen LogP) is 3.17. The van der Waals surface area contributed by atoms with Crippen molar-refractivity contribution >= 4 is 0 Å². The third-order valence-corrected chi connectivity index (χ3v) is 3.00. The Morgan fingerprint density at radius 3 is 2.53 bits per heavy atom. The molecule has 96 valence electrons. The van der Waals surface area contributed by atoms with Gasteiger partial charge in [0.25, 0.3) is 0 Å². The lowest BCUT2D eigenvalue weighted by Gasteiger charge is -2.25. The maximum atomic E-state index is 4.01. The summed E-state index contributed by atoms with van der Waals surface area (Å²) >= 11 is 0. The van der Waals surface area contributed by atoms with Crippen molar-refractivity contribution in [2.45, 2.75) is 53.0 Å². The van der Waals surface area contributed by atoms with E-state index in [0.29, 0.717) is 5.41 Å². The average Bonchev–Trinajstić information content (AvgIpc) is 2.30. The standard InChI is InChI=1S/C14H25N3/c1-4-5-6-7-14(2,3)11-15-8-13-9-16-12-17-10-13/h9-10,12,15H,4-8,11H2,1-3H3. The van der Waals surface area contributed by atoms with E-state index in [9.17, 15) is 0 Å². The molecule has 0 unspecified atom stereocenters. The highest BCUT2D eigenvalue weighted by atomic mass is 14.9. The summed E-state index contributed by atoms with van der Waals surface area (Å²) in [7, 11) is 0. The van der Waals surface area contributed by atoms with E-state index in [1.165, 1.54) is 25.7 Å². The lowest BCUT2D eigenvalue weighted by molar-refractivity contribution is 0.302. The number of hydrogen-bond donors (Lipinski definition) is 1. The molecule has 0 atom stereocenters. The molecule has 0 aliphatic rings. The van der Waals surface area contributed by atoms with Crippen molar-refractivity contribution in [1.29, 1.82) is 0 Å². The first kappa shape index (κ1) is 14.1. The second kappa shape index (κ2) is 7.38. The highest BCUT2D eigenvalue weighted by molar-refractivity contribution is 5.01. The van der Waals surface area contributed by atoms with E-state index >= 15 is 0 Å². The summed E-state index contributed by atoms with van der Waals surface area (Å²) in [5.74, 6) is 0. The van der Waals surface area contributed by atoms with Gasteiger partial charge in [0.2, 0.25) is 0 Å². The van der Waals surface area contributed by atoms with Crippen LogP contribution in [0.5, 0.6) is 0 Å². The molecule has 0 radical (unpaired) electrons. The molecule has 0 aromatic carbocycles. The Labute approximate surface area is 105 Å². The van der Waals surface area contributed by atoms with Gasteiger partial charge in [-0.3, -0.25) is 0 Å². The van der Waals surface area contributed by atoms with E-state index in [4.69, 9.17) is 0 Å². The van der Waals surface area contributed by atoms with Crippen molar-refractivity contribution in [2.24, 2.45) is 5.41 Å². The fourth-order valence-electron chi connectivity index (χ4n) is 1.91. The number of rotatable bonds is 8. The third-order valence-electron chi connectivity index (χ3n) is 3.00. The van der Waals surface area contributed by atoms with Gasteiger partial charge in [-0.25, -0.2) is 9.97 Å². The maximum absolute atomic E-state index is 4.01. The summed E-state index contributed by atoms with van der Waals surface area (Å²) in [6.45, 7) is 8.82. The molecule has 0 fully saturated rings. The quantitative estimate of drug-likeness (QED) is 0.703. The highest BCUT2D eigenvalue weighted by Crippen LogP contribution is 2.22. The van der Waals surface area contributed by atoms with Gasteiger partial charge in [0.15, 0.2) is 0 Å². The monoisotopic (exact) mass is 235 g/mol. The Morgan fingerprint density at radius 1 is 1.18 bits per heavy atom. The van der Waals surface area contributed by atoms with E-state index in [0.717, 1.165) is 18.7 Å². The van der Waals surface area contributed by atoms with Crippen LogP contribution in [0.15, 0.2) is 18.7 Å². The Morgan fingerprint density at radius 2 is 1.88 bits per heavy atom. The van der Waals surface area contributed by atoms with Crippen LogP contribution in [-0.2, 0) is 6.54 Å². The SMILES string of the molecule is CCCCCC(C)(C)CNCc1cncnc1. The smallest absolute Gasteiger partial charge is 0.115 e. The molecule has 1 N–H and O–H groups in total. The number of unbranched alkanes of at least 4 members (excludes halogenated alkanes) is 2. The normalized spacial score (nSPS) is 11.7. The maximum Gasteiger partial charge on any atom is 0.115 e. The van der Waals surface area contributed by atoms with Gasteiger partial charge in [-0.2, -0.15) is 0 Å². The lowest BCUT2D eigenvalue weighted by Crippen LogP contribution is -2.29. The van der Waals surface area contributed by atoms with Crippen LogP contribution in [0, 0.1) is 5.41 Å². The van der Waals surface area contributed by atoms with Crippen LogP contribution in [0.2, 0.25) is 0 Å². The van der Waals surface area contributed by atoms with E-state index in [2.05, 4.69) is 36.1 Å². The van der Waals surface area contributed by atoms with Crippen LogP contribution >= 0.6 is 0 Å². The molecule has 17 heavy (non-hydrogen) atoms. The highest BCUT2D eigenvalue weighted by Gasteiger charge is 2.16. The first-order valence-corrected chi connectivity index (χ1v) is 6.59. The molecule has 3 nitrogen and oxygen atoms in total. The van der Waals surface area contributed by atoms with Crippen molar-refractivity contribution in [3.8, 4) is 0 Å². The largest absolute Gasteiger partial charge is 0.312 e. The second-order valence-electron chi connectivity index (χ2n) is 5.47. The molecule has 1 rings (SSSR count). The van der Waals surface area contributed by atoms with E-state index < -0.39 is 0 Å². The van der Waals surface area contributed by atoms with Gasteiger partial charge in [0.1, 0.15) is 6.33 Å². The van der Waals surface area contributed by atoms with Crippen LogP contribution in [-0.4, -0.2) is 16.5 Å². The van der Waals surface area contributed by atoms with Crippen molar-refractivity contribution in [1.82, 2.24) is 15.3 Å². The molecule has 0 aliphatic carbocycles. The van der Waals surface area contributed by atoms with Crippen molar-refractivity contribution < 1.29 is 0 Å². The zero-order valence-electron chi connectivity index (χ0n) is 11.4. The zero-order chi connectivity index (χ0) is 12.6. The first-order valence-electron chi connectivity index (χ1n) is 6.59. The van der Waals surface area contributed by atoms with Crippen LogP contribution in [0.3, 0.4) is 0 Å². The summed E-state index contributed by atoms with van der Waals surface area (Å²) < 4.78 is 0. The van der Waals surface area contributed by atoms with E-state index in [1.807, 2.05) is 12.4 Å². The summed E-state index contributed by atoms with van der Waals surface area (Å²) in [6, 6.07) is 0. The van der Waals surface area contributed by atoms with Gasteiger partial charge >= 0.3 is 0 Å². The third kappa shape index (κ3) is 6.37. The Hall–Kier alpha value is -0.960. The fourth-order valence-corrected chi connectivity index (χ4v) is 1.91.